The maximum absolute atomic E-state index is 12.3. The highest BCUT2D eigenvalue weighted by atomic mass is 16.4. The van der Waals surface area contributed by atoms with Crippen LogP contribution in [0.25, 0.3) is 0 Å². The number of aromatic nitrogens is 2. The molecule has 1 aromatic carbocycles. The number of nitrogens with zero attached hydrogens (tertiary/aromatic N) is 1. The average molecular weight is 461 g/mol. The van der Waals surface area contributed by atoms with Gasteiger partial charge in [0.05, 0.1) is 6.04 Å². The van der Waals surface area contributed by atoms with Crippen LogP contribution in [0.15, 0.2) is 29.1 Å². The van der Waals surface area contributed by atoms with Crippen molar-refractivity contribution in [3.8, 4) is 0 Å². The highest BCUT2D eigenvalue weighted by molar-refractivity contribution is 5.96. The van der Waals surface area contributed by atoms with E-state index in [1.165, 1.54) is 12.1 Å². The summed E-state index contributed by atoms with van der Waals surface area (Å²) in [4.78, 5) is 52.6. The quantitative estimate of drug-likeness (QED) is 0.255. The molecule has 0 spiro atoms. The Morgan fingerprint density at radius 1 is 1.21 bits per heavy atom. The highest BCUT2D eigenvalue weighted by Crippen LogP contribution is 2.20. The Bertz CT molecular complexity index is 1070. The summed E-state index contributed by atoms with van der Waals surface area (Å²) in [5, 5.41) is 29.5. The van der Waals surface area contributed by atoms with Crippen molar-refractivity contribution < 1.29 is 24.6 Å². The fourth-order valence-electron chi connectivity index (χ4n) is 3.10. The number of carboxylic acid groups (broad SMARTS) is 2. The fourth-order valence-corrected chi connectivity index (χ4v) is 3.10. The van der Waals surface area contributed by atoms with Gasteiger partial charge in [0.1, 0.15) is 11.7 Å². The van der Waals surface area contributed by atoms with E-state index in [4.69, 9.17) is 15.9 Å². The lowest BCUT2D eigenvalue weighted by molar-refractivity contribution is -0.140. The molecule has 13 nitrogen and oxygen atoms in total. The molecule has 2 heterocycles. The third-order valence-corrected chi connectivity index (χ3v) is 4.75. The van der Waals surface area contributed by atoms with Gasteiger partial charge in [-0.3, -0.25) is 19.4 Å². The molecule has 2 aromatic rings. The second kappa shape index (κ2) is 10.8. The molecular weight excluding hydrogens is 434 g/mol. The van der Waals surface area contributed by atoms with E-state index in [1.54, 1.807) is 12.1 Å². The molecule has 2 atom stereocenters. The van der Waals surface area contributed by atoms with Crippen LogP contribution in [0, 0.1) is 0 Å². The van der Waals surface area contributed by atoms with Gasteiger partial charge in [-0.05, 0) is 30.7 Å². The molecule has 3 rings (SSSR count). The van der Waals surface area contributed by atoms with Crippen LogP contribution < -0.4 is 32.6 Å². The minimum atomic E-state index is -1.30. The first-order valence-electron chi connectivity index (χ1n) is 9.72. The lowest BCUT2D eigenvalue weighted by Gasteiger charge is -2.27. The molecule has 13 heteroatoms. The first-order valence-corrected chi connectivity index (χ1v) is 9.72. The van der Waals surface area contributed by atoms with Gasteiger partial charge in [0.15, 0.2) is 5.82 Å². The van der Waals surface area contributed by atoms with E-state index in [0.29, 0.717) is 30.3 Å². The van der Waals surface area contributed by atoms with Gasteiger partial charge < -0.3 is 37.2 Å². The van der Waals surface area contributed by atoms with Crippen molar-refractivity contribution in [2.24, 2.45) is 0 Å². The summed E-state index contributed by atoms with van der Waals surface area (Å²) in [5.41, 5.74) is 6.40. The van der Waals surface area contributed by atoms with E-state index < -0.39 is 23.9 Å². The summed E-state index contributed by atoms with van der Waals surface area (Å²) in [5.74, 6) is -2.64. The molecule has 2 unspecified atom stereocenters. The molecule has 0 radical (unpaired) electrons. The van der Waals surface area contributed by atoms with Crippen molar-refractivity contribution in [3.63, 3.8) is 0 Å². The third-order valence-electron chi connectivity index (χ3n) is 4.75. The predicted molar refractivity (Wildman–Crippen MR) is 123 cm³/mol. The van der Waals surface area contributed by atoms with Crippen LogP contribution in [0.5, 0.6) is 0 Å². The summed E-state index contributed by atoms with van der Waals surface area (Å²) in [6, 6.07) is 4.93. The molecule has 1 amide bonds. The standard InChI is InChI=1S/C19H23N7O6.CH4/c20-19-25-15-14(17(30)26-19)23-11(8-22-15)7-21-10-3-1-9(2-4-10)16(29)24-12(18(31)32)5-6-13(27)28;/h1-4,11-12,21,23H,5-8H2,(H,24,29)(H,27,28)(H,31,32)(H4,20,22,25,26,30);1H4. The van der Waals surface area contributed by atoms with Crippen molar-refractivity contribution in [2.45, 2.75) is 32.4 Å². The molecule has 0 saturated heterocycles. The van der Waals surface area contributed by atoms with Crippen molar-refractivity contribution in [2.75, 3.05) is 34.8 Å². The lowest BCUT2D eigenvalue weighted by Crippen LogP contribution is -2.41. The number of rotatable bonds is 9. The Morgan fingerprint density at radius 3 is 2.55 bits per heavy atom. The predicted octanol–water partition coefficient (Wildman–Crippen LogP) is 0.354. The van der Waals surface area contributed by atoms with Crippen molar-refractivity contribution in [3.05, 3.63) is 40.2 Å². The molecule has 0 saturated carbocycles. The van der Waals surface area contributed by atoms with E-state index in [1.807, 2.05) is 0 Å². The summed E-state index contributed by atoms with van der Waals surface area (Å²) in [6.45, 7) is 0.960. The number of hydrogen-bond acceptors (Lipinski definition) is 9. The summed E-state index contributed by atoms with van der Waals surface area (Å²) in [7, 11) is 0. The second-order valence-electron chi connectivity index (χ2n) is 7.15. The minimum absolute atomic E-state index is 0. The molecule has 0 fully saturated rings. The van der Waals surface area contributed by atoms with Gasteiger partial charge in [-0.15, -0.1) is 0 Å². The molecule has 1 aliphatic heterocycles. The van der Waals surface area contributed by atoms with Gasteiger partial charge in [0.25, 0.3) is 11.5 Å². The van der Waals surface area contributed by atoms with Gasteiger partial charge in [-0.1, -0.05) is 7.43 Å². The Kier molecular flexibility index (Phi) is 8.20. The summed E-state index contributed by atoms with van der Waals surface area (Å²) < 4.78 is 0. The van der Waals surface area contributed by atoms with Crippen molar-refractivity contribution >= 4 is 41.0 Å². The van der Waals surface area contributed by atoms with Crippen LogP contribution in [0.1, 0.15) is 30.6 Å². The number of benzene rings is 1. The second-order valence-corrected chi connectivity index (χ2v) is 7.15. The molecule has 1 aromatic heterocycles. The van der Waals surface area contributed by atoms with Crippen LogP contribution >= 0.6 is 0 Å². The normalized spacial score (nSPS) is 15.0. The average Bonchev–Trinajstić information content (AvgIpc) is 2.75. The Hall–Kier alpha value is -4.29. The number of carboxylic acids is 2. The SMILES string of the molecule is C.Nc1nc2c(c(=O)[nH]1)NC(CNc1ccc(C(=O)NC(CCC(=O)O)C(=O)O)cc1)CN2. The van der Waals surface area contributed by atoms with Gasteiger partial charge >= 0.3 is 11.9 Å². The summed E-state index contributed by atoms with van der Waals surface area (Å²) >= 11 is 0. The van der Waals surface area contributed by atoms with E-state index >= 15 is 0 Å². The van der Waals surface area contributed by atoms with Gasteiger partial charge in [0, 0.05) is 30.8 Å². The van der Waals surface area contributed by atoms with Crippen molar-refractivity contribution in [1.82, 2.24) is 15.3 Å². The molecule has 0 bridgehead atoms. The number of amides is 1. The monoisotopic (exact) mass is 461 g/mol. The third kappa shape index (κ3) is 6.59. The maximum atomic E-state index is 12.3. The number of nitrogens with one attached hydrogen (secondary N) is 5. The van der Waals surface area contributed by atoms with E-state index in [-0.39, 0.29) is 43.4 Å². The molecule has 178 valence electrons. The number of carbonyl (C=O) groups excluding carboxylic acids is 1. The molecule has 33 heavy (non-hydrogen) atoms. The molecule has 0 aliphatic carbocycles. The fraction of sp³-hybridized carbons (Fsp3) is 0.350. The molecule has 1 aliphatic rings. The van der Waals surface area contributed by atoms with Gasteiger partial charge in [0.2, 0.25) is 5.95 Å². The van der Waals surface area contributed by atoms with Crippen LogP contribution in [-0.2, 0) is 9.59 Å². The number of carbonyl (C=O) groups is 3. The highest BCUT2D eigenvalue weighted by Gasteiger charge is 2.23. The number of aliphatic carboxylic acids is 2. The Labute approximate surface area is 188 Å². The van der Waals surface area contributed by atoms with Crippen LogP contribution in [0.2, 0.25) is 0 Å². The largest absolute Gasteiger partial charge is 0.481 e. The zero-order valence-corrected chi connectivity index (χ0v) is 16.8. The van der Waals surface area contributed by atoms with Crippen molar-refractivity contribution in [1.29, 1.82) is 0 Å². The first-order chi connectivity index (χ1) is 15.2. The lowest BCUT2D eigenvalue weighted by atomic mass is 10.1. The first kappa shape index (κ1) is 25.0. The molecule has 9 N–H and O–H groups in total. The topological polar surface area (TPSA) is 212 Å². The summed E-state index contributed by atoms with van der Waals surface area (Å²) in [6.07, 6.45) is -0.587. The number of H-pyrrole nitrogens is 1. The van der Waals surface area contributed by atoms with E-state index in [2.05, 4.69) is 31.2 Å². The molecular formula is C20H27N7O6. The maximum Gasteiger partial charge on any atom is 0.326 e. The van der Waals surface area contributed by atoms with Crippen LogP contribution in [0.3, 0.4) is 0 Å². The zero-order chi connectivity index (χ0) is 23.3. The van der Waals surface area contributed by atoms with Gasteiger partial charge in [-0.2, -0.15) is 4.98 Å². The number of nitrogens with two attached hydrogens (primary N) is 1. The Morgan fingerprint density at radius 2 is 1.91 bits per heavy atom. The smallest absolute Gasteiger partial charge is 0.326 e. The number of hydrogen-bond donors (Lipinski definition) is 8. The number of fused-ring (bicyclic) bond motifs is 1. The number of nitrogen functional groups attached to an aromatic ring is 1. The minimum Gasteiger partial charge on any atom is -0.481 e. The van der Waals surface area contributed by atoms with E-state index in [9.17, 15) is 19.2 Å². The number of aromatic amines is 1. The zero-order valence-electron chi connectivity index (χ0n) is 16.8. The number of anilines is 4. The Balaban J connectivity index is 0.00000385. The van der Waals surface area contributed by atoms with Crippen LogP contribution in [-0.4, -0.2) is 63.2 Å². The van der Waals surface area contributed by atoms with E-state index in [0.717, 1.165) is 0 Å². The van der Waals surface area contributed by atoms with Crippen LogP contribution in [0.4, 0.5) is 23.1 Å². The van der Waals surface area contributed by atoms with Gasteiger partial charge in [-0.25, -0.2) is 4.79 Å².